The zero-order valence-electron chi connectivity index (χ0n) is 13.2. The average Bonchev–Trinajstić information content (AvgIpc) is 2.94. The molecule has 0 aliphatic carbocycles. The zero-order valence-corrected chi connectivity index (χ0v) is 15.6. The number of amidine groups is 1. The van der Waals surface area contributed by atoms with E-state index in [0.29, 0.717) is 21.3 Å². The van der Waals surface area contributed by atoms with Crippen molar-refractivity contribution in [3.63, 3.8) is 0 Å². The number of amides is 1. The number of nitrogens with one attached hydrogen (secondary N) is 1. The number of carbonyl (C=O) groups is 2. The van der Waals surface area contributed by atoms with Gasteiger partial charge in [0, 0.05) is 4.47 Å². The molecule has 25 heavy (non-hydrogen) atoms. The molecule has 0 spiro atoms. The minimum Gasteiger partial charge on any atom is -0.465 e. The Bertz CT molecular complexity index is 909. The third-order valence-electron chi connectivity index (χ3n) is 3.33. The number of aliphatic imine (C=N–C) groups is 1. The van der Waals surface area contributed by atoms with Gasteiger partial charge in [0.2, 0.25) is 0 Å². The largest absolute Gasteiger partial charge is 0.465 e. The van der Waals surface area contributed by atoms with E-state index in [0.717, 1.165) is 10.0 Å². The predicted octanol–water partition coefficient (Wildman–Crippen LogP) is 4.13. The highest BCUT2D eigenvalue weighted by molar-refractivity contribution is 9.10. The molecule has 5 nitrogen and oxygen atoms in total. The van der Waals surface area contributed by atoms with Crippen molar-refractivity contribution in [2.24, 2.45) is 4.99 Å². The van der Waals surface area contributed by atoms with Gasteiger partial charge in [-0.05, 0) is 47.7 Å². The SMILES string of the molecule is COC(=O)c1ccccc1N=C1NC(=O)/C(=C/c2cccc(Br)c2)S1. The van der Waals surface area contributed by atoms with Crippen molar-refractivity contribution in [1.82, 2.24) is 5.32 Å². The van der Waals surface area contributed by atoms with Crippen LogP contribution in [0, 0.1) is 0 Å². The van der Waals surface area contributed by atoms with E-state index in [1.165, 1.54) is 18.9 Å². The molecular weight excluding hydrogens is 404 g/mol. The Hall–Kier alpha value is -2.38. The van der Waals surface area contributed by atoms with E-state index in [1.807, 2.05) is 24.3 Å². The fourth-order valence-corrected chi connectivity index (χ4v) is 3.44. The highest BCUT2D eigenvalue weighted by Crippen LogP contribution is 2.29. The molecule has 0 unspecified atom stereocenters. The standard InChI is InChI=1S/C18H13BrN2O3S/c1-24-17(23)13-7-2-3-8-14(13)20-18-21-16(22)15(25-18)10-11-5-4-6-12(19)9-11/h2-10H,1H3,(H,20,21,22)/b15-10-. The molecule has 1 amide bonds. The van der Waals surface area contributed by atoms with Gasteiger partial charge in [-0.3, -0.25) is 4.79 Å². The van der Waals surface area contributed by atoms with E-state index < -0.39 is 5.97 Å². The fraction of sp³-hybridized carbons (Fsp3) is 0.0556. The van der Waals surface area contributed by atoms with E-state index in [9.17, 15) is 9.59 Å². The molecule has 0 radical (unpaired) electrons. The number of esters is 1. The van der Waals surface area contributed by atoms with Gasteiger partial charge in [-0.15, -0.1) is 0 Å². The summed E-state index contributed by atoms with van der Waals surface area (Å²) in [4.78, 5) is 28.9. The van der Waals surface area contributed by atoms with Crippen molar-refractivity contribution >= 4 is 56.5 Å². The van der Waals surface area contributed by atoms with Crippen LogP contribution in [-0.4, -0.2) is 24.2 Å². The second-order valence-corrected chi connectivity index (χ2v) is 6.99. The van der Waals surface area contributed by atoms with Gasteiger partial charge >= 0.3 is 5.97 Å². The van der Waals surface area contributed by atoms with E-state index in [4.69, 9.17) is 4.74 Å². The maximum Gasteiger partial charge on any atom is 0.340 e. The first-order valence-electron chi connectivity index (χ1n) is 7.29. The maximum absolute atomic E-state index is 12.2. The molecular formula is C18H13BrN2O3S. The molecule has 0 aromatic heterocycles. The Morgan fingerprint density at radius 1 is 1.24 bits per heavy atom. The molecule has 0 bridgehead atoms. The third kappa shape index (κ3) is 4.18. The third-order valence-corrected chi connectivity index (χ3v) is 4.73. The molecule has 1 aliphatic rings. The summed E-state index contributed by atoms with van der Waals surface area (Å²) in [5.41, 5.74) is 1.70. The van der Waals surface area contributed by atoms with Gasteiger partial charge in [-0.25, -0.2) is 9.79 Å². The van der Waals surface area contributed by atoms with Crippen LogP contribution in [0.2, 0.25) is 0 Å². The van der Waals surface area contributed by atoms with Crippen LogP contribution in [0.1, 0.15) is 15.9 Å². The number of ether oxygens (including phenoxy) is 1. The number of methoxy groups -OCH3 is 1. The molecule has 0 atom stereocenters. The molecule has 1 heterocycles. The number of hydrogen-bond acceptors (Lipinski definition) is 5. The Kier molecular flexibility index (Phi) is 5.35. The Morgan fingerprint density at radius 3 is 2.80 bits per heavy atom. The van der Waals surface area contributed by atoms with Crippen LogP contribution in [0.15, 0.2) is 62.9 Å². The van der Waals surface area contributed by atoms with E-state index >= 15 is 0 Å². The van der Waals surface area contributed by atoms with Crippen molar-refractivity contribution in [3.8, 4) is 0 Å². The van der Waals surface area contributed by atoms with Gasteiger partial charge in [0.25, 0.3) is 5.91 Å². The van der Waals surface area contributed by atoms with Crippen LogP contribution >= 0.6 is 27.7 Å². The van der Waals surface area contributed by atoms with Gasteiger partial charge in [0.1, 0.15) is 0 Å². The van der Waals surface area contributed by atoms with Crippen LogP contribution in [-0.2, 0) is 9.53 Å². The summed E-state index contributed by atoms with van der Waals surface area (Å²) < 4.78 is 5.69. The Balaban J connectivity index is 1.88. The van der Waals surface area contributed by atoms with Crippen LogP contribution in [0.5, 0.6) is 0 Å². The molecule has 1 saturated heterocycles. The minimum absolute atomic E-state index is 0.223. The van der Waals surface area contributed by atoms with E-state index in [2.05, 4.69) is 26.2 Å². The van der Waals surface area contributed by atoms with E-state index in [-0.39, 0.29) is 5.91 Å². The zero-order chi connectivity index (χ0) is 17.8. The lowest BCUT2D eigenvalue weighted by Gasteiger charge is -2.03. The molecule has 2 aromatic rings. The van der Waals surface area contributed by atoms with Crippen LogP contribution in [0.3, 0.4) is 0 Å². The smallest absolute Gasteiger partial charge is 0.340 e. The number of benzene rings is 2. The second-order valence-electron chi connectivity index (χ2n) is 5.05. The highest BCUT2D eigenvalue weighted by Gasteiger charge is 2.24. The average molecular weight is 417 g/mol. The van der Waals surface area contributed by atoms with Gasteiger partial charge in [-0.2, -0.15) is 0 Å². The van der Waals surface area contributed by atoms with Crippen molar-refractivity contribution in [2.75, 3.05) is 7.11 Å². The predicted molar refractivity (Wildman–Crippen MR) is 103 cm³/mol. The van der Waals surface area contributed by atoms with E-state index in [1.54, 1.807) is 30.3 Å². The normalized spacial score (nSPS) is 17.0. The number of para-hydroxylation sites is 1. The molecule has 1 N–H and O–H groups in total. The van der Waals surface area contributed by atoms with Crippen molar-refractivity contribution in [1.29, 1.82) is 0 Å². The monoisotopic (exact) mass is 416 g/mol. The van der Waals surface area contributed by atoms with Gasteiger partial charge in [0.05, 0.1) is 23.3 Å². The van der Waals surface area contributed by atoms with Crippen LogP contribution in [0.4, 0.5) is 5.69 Å². The maximum atomic E-state index is 12.2. The van der Waals surface area contributed by atoms with Crippen LogP contribution < -0.4 is 5.32 Å². The molecule has 7 heteroatoms. The highest BCUT2D eigenvalue weighted by atomic mass is 79.9. The van der Waals surface area contributed by atoms with Crippen molar-refractivity contribution in [3.05, 3.63) is 69.0 Å². The Morgan fingerprint density at radius 2 is 2.04 bits per heavy atom. The van der Waals surface area contributed by atoms with Gasteiger partial charge < -0.3 is 10.1 Å². The van der Waals surface area contributed by atoms with Crippen molar-refractivity contribution in [2.45, 2.75) is 0 Å². The number of rotatable bonds is 3. The van der Waals surface area contributed by atoms with Gasteiger partial charge in [0.15, 0.2) is 5.17 Å². The molecule has 0 saturated carbocycles. The van der Waals surface area contributed by atoms with Gasteiger partial charge in [-0.1, -0.05) is 40.2 Å². The quantitative estimate of drug-likeness (QED) is 0.603. The summed E-state index contributed by atoms with van der Waals surface area (Å²) in [5, 5.41) is 3.13. The lowest BCUT2D eigenvalue weighted by atomic mass is 10.2. The fourth-order valence-electron chi connectivity index (χ4n) is 2.19. The first kappa shape index (κ1) is 17.4. The molecule has 2 aromatic carbocycles. The summed E-state index contributed by atoms with van der Waals surface area (Å²) in [6, 6.07) is 14.5. The summed E-state index contributed by atoms with van der Waals surface area (Å²) in [7, 11) is 1.32. The first-order valence-corrected chi connectivity index (χ1v) is 8.90. The number of thioether (sulfide) groups is 1. The number of carbonyl (C=O) groups excluding carboxylic acids is 2. The molecule has 3 rings (SSSR count). The molecule has 1 aliphatic heterocycles. The first-order chi connectivity index (χ1) is 12.1. The summed E-state index contributed by atoms with van der Waals surface area (Å²) >= 11 is 4.63. The Labute approximate surface area is 157 Å². The lowest BCUT2D eigenvalue weighted by Crippen LogP contribution is -2.19. The summed E-state index contributed by atoms with van der Waals surface area (Å²) in [6.07, 6.45) is 1.79. The summed E-state index contributed by atoms with van der Waals surface area (Å²) in [5.74, 6) is -0.696. The number of nitrogens with zero attached hydrogens (tertiary/aromatic N) is 1. The topological polar surface area (TPSA) is 67.8 Å². The van der Waals surface area contributed by atoms with Crippen LogP contribution in [0.25, 0.3) is 6.08 Å². The molecule has 126 valence electrons. The second kappa shape index (κ2) is 7.67. The number of halogens is 1. The lowest BCUT2D eigenvalue weighted by molar-refractivity contribution is -0.115. The molecule has 1 fully saturated rings. The minimum atomic E-state index is -0.473. The summed E-state index contributed by atoms with van der Waals surface area (Å²) in [6.45, 7) is 0. The van der Waals surface area contributed by atoms with Crippen molar-refractivity contribution < 1.29 is 14.3 Å². The number of hydrogen-bond donors (Lipinski definition) is 1.